The smallest absolute Gasteiger partial charge is 0.358 e. The van der Waals surface area contributed by atoms with Crippen LogP contribution in [0.1, 0.15) is 49.8 Å². The summed E-state index contributed by atoms with van der Waals surface area (Å²) in [6, 6.07) is 1.45. The molecule has 1 aromatic heterocycles. The van der Waals surface area contributed by atoms with Gasteiger partial charge < -0.3 is 18.9 Å². The maximum Gasteiger partial charge on any atom is 0.358 e. The Morgan fingerprint density at radius 2 is 1.88 bits per heavy atom. The van der Waals surface area contributed by atoms with Crippen molar-refractivity contribution in [3.05, 3.63) is 27.7 Å². The Morgan fingerprint density at radius 1 is 1.29 bits per heavy atom. The molecule has 0 aliphatic carbocycles. The van der Waals surface area contributed by atoms with Gasteiger partial charge in [-0.3, -0.25) is 4.79 Å². The third-order valence-electron chi connectivity index (χ3n) is 4.63. The predicted molar refractivity (Wildman–Crippen MR) is 96.5 cm³/mol. The summed E-state index contributed by atoms with van der Waals surface area (Å²) in [5.41, 5.74) is 0.299. The van der Waals surface area contributed by atoms with Crippen LogP contribution < -0.4 is 10.2 Å². The van der Waals surface area contributed by atoms with Gasteiger partial charge in [-0.05, 0) is 18.1 Å². The Kier molecular flexibility index (Phi) is 6.41. The van der Waals surface area contributed by atoms with Crippen LogP contribution in [-0.4, -0.2) is 40.1 Å². The molecular weight excluding hydrogens is 326 g/mol. The highest BCUT2D eigenvalue weighted by Gasteiger charge is 2.37. The van der Waals surface area contributed by atoms with E-state index in [1.807, 2.05) is 6.92 Å². The number of aromatic amines is 1. The highest BCUT2D eigenvalue weighted by atomic mass is 28.4. The van der Waals surface area contributed by atoms with Crippen LogP contribution in [0.15, 0.2) is 10.9 Å². The van der Waals surface area contributed by atoms with Crippen molar-refractivity contribution in [1.29, 1.82) is 0 Å². The van der Waals surface area contributed by atoms with E-state index in [0.29, 0.717) is 12.3 Å². The zero-order valence-electron chi connectivity index (χ0n) is 15.9. The first-order valence-electron chi connectivity index (χ1n) is 7.98. The molecule has 0 aliphatic heterocycles. The van der Waals surface area contributed by atoms with Crippen molar-refractivity contribution in [2.75, 3.05) is 20.8 Å². The van der Waals surface area contributed by atoms with Crippen LogP contribution in [0.3, 0.4) is 0 Å². The summed E-state index contributed by atoms with van der Waals surface area (Å²) >= 11 is 0. The first-order chi connectivity index (χ1) is 10.9. The minimum Gasteiger partial charge on any atom is -0.491 e. The fraction of sp³-hybridized carbons (Fsp3) is 0.647. The summed E-state index contributed by atoms with van der Waals surface area (Å²) in [7, 11) is 0.726. The Morgan fingerprint density at radius 3 is 2.33 bits per heavy atom. The van der Waals surface area contributed by atoms with Crippen molar-refractivity contribution >= 4 is 14.3 Å². The fourth-order valence-corrected chi connectivity index (χ4v) is 3.02. The van der Waals surface area contributed by atoms with Crippen molar-refractivity contribution < 1.29 is 18.7 Å². The minimum absolute atomic E-state index is 0.0293. The Labute approximate surface area is 144 Å². The van der Waals surface area contributed by atoms with Crippen LogP contribution in [0.4, 0.5) is 0 Å². The lowest BCUT2D eigenvalue weighted by Crippen LogP contribution is -2.41. The van der Waals surface area contributed by atoms with E-state index in [2.05, 4.69) is 38.8 Å². The van der Waals surface area contributed by atoms with E-state index in [1.54, 1.807) is 0 Å². The molecule has 1 aromatic rings. The molecule has 6 nitrogen and oxygen atoms in total. The zero-order chi connectivity index (χ0) is 18.7. The molecule has 0 saturated carbocycles. The highest BCUT2D eigenvalue weighted by Crippen LogP contribution is 2.37. The minimum atomic E-state index is -1.88. The second-order valence-electron chi connectivity index (χ2n) is 7.46. The van der Waals surface area contributed by atoms with Gasteiger partial charge in [-0.2, -0.15) is 0 Å². The lowest BCUT2D eigenvalue weighted by molar-refractivity contribution is 0.0589. The van der Waals surface area contributed by atoms with Crippen molar-refractivity contribution in [3.63, 3.8) is 0 Å². The molecule has 1 heterocycles. The van der Waals surface area contributed by atoms with Gasteiger partial charge in [0.25, 0.3) is 0 Å². The maximum atomic E-state index is 12.2. The molecule has 0 fully saturated rings. The van der Waals surface area contributed by atoms with E-state index in [0.717, 1.165) is 0 Å². The van der Waals surface area contributed by atoms with Crippen LogP contribution >= 0.6 is 0 Å². The number of rotatable bonds is 6. The van der Waals surface area contributed by atoms with E-state index in [4.69, 9.17) is 13.9 Å². The summed E-state index contributed by atoms with van der Waals surface area (Å²) in [6.07, 6.45) is 0. The zero-order valence-corrected chi connectivity index (χ0v) is 16.9. The molecule has 0 amide bonds. The number of methoxy groups -OCH3 is 2. The van der Waals surface area contributed by atoms with E-state index in [9.17, 15) is 9.59 Å². The van der Waals surface area contributed by atoms with E-state index < -0.39 is 14.3 Å². The molecule has 1 atom stereocenters. The fourth-order valence-electron chi connectivity index (χ4n) is 1.92. The standard InChI is InChI=1S/C17H29NO5Si/c1-11(10-23-24(7,8)17(2,3)4)12-9-13(19)15(21-5)14(18-12)16(20)22-6/h9,11H,10H2,1-8H3,(H,18,19). The first kappa shape index (κ1) is 20.4. The molecular formula is C17H29NO5Si. The van der Waals surface area contributed by atoms with E-state index in [-0.39, 0.29) is 27.8 Å². The third kappa shape index (κ3) is 4.48. The summed E-state index contributed by atoms with van der Waals surface area (Å²) in [4.78, 5) is 27.0. The number of pyridine rings is 1. The van der Waals surface area contributed by atoms with Crippen molar-refractivity contribution in [1.82, 2.24) is 4.98 Å². The van der Waals surface area contributed by atoms with Gasteiger partial charge in [0.05, 0.1) is 14.2 Å². The first-order valence-corrected chi connectivity index (χ1v) is 10.9. The van der Waals surface area contributed by atoms with Crippen molar-refractivity contribution in [2.45, 2.75) is 51.7 Å². The van der Waals surface area contributed by atoms with E-state index in [1.165, 1.54) is 20.3 Å². The number of ether oxygens (including phenoxy) is 2. The van der Waals surface area contributed by atoms with Gasteiger partial charge in [-0.1, -0.05) is 27.7 Å². The normalized spacial score (nSPS) is 13.5. The van der Waals surface area contributed by atoms with Crippen LogP contribution in [-0.2, 0) is 9.16 Å². The van der Waals surface area contributed by atoms with Gasteiger partial charge in [-0.15, -0.1) is 0 Å². The molecule has 1 N–H and O–H groups in total. The highest BCUT2D eigenvalue weighted by molar-refractivity contribution is 6.74. The van der Waals surface area contributed by atoms with Crippen LogP contribution in [0.2, 0.25) is 18.1 Å². The van der Waals surface area contributed by atoms with Crippen molar-refractivity contribution in [2.24, 2.45) is 0 Å². The monoisotopic (exact) mass is 355 g/mol. The molecule has 0 radical (unpaired) electrons. The Balaban J connectivity index is 3.08. The number of esters is 1. The third-order valence-corrected chi connectivity index (χ3v) is 9.13. The Hall–Kier alpha value is -1.60. The molecule has 1 rings (SSSR count). The second-order valence-corrected chi connectivity index (χ2v) is 12.3. The molecule has 7 heteroatoms. The summed E-state index contributed by atoms with van der Waals surface area (Å²) in [5.74, 6) is -0.743. The quantitative estimate of drug-likeness (QED) is 0.626. The molecule has 1 unspecified atom stereocenters. The number of H-pyrrole nitrogens is 1. The number of carbonyl (C=O) groups excluding carboxylic acids is 1. The number of hydrogen-bond acceptors (Lipinski definition) is 5. The second kappa shape index (κ2) is 7.52. The maximum absolute atomic E-state index is 12.2. The van der Waals surface area contributed by atoms with Gasteiger partial charge in [-0.25, -0.2) is 4.79 Å². The molecule has 136 valence electrons. The van der Waals surface area contributed by atoms with Crippen LogP contribution in [0.5, 0.6) is 5.75 Å². The van der Waals surface area contributed by atoms with Gasteiger partial charge in [0, 0.05) is 24.3 Å². The molecule has 0 bridgehead atoms. The molecule has 24 heavy (non-hydrogen) atoms. The molecule has 0 aliphatic rings. The van der Waals surface area contributed by atoms with Crippen LogP contribution in [0, 0.1) is 0 Å². The Bertz CT molecular complexity index is 645. The summed E-state index contributed by atoms with van der Waals surface area (Å²) in [6.45, 7) is 13.3. The predicted octanol–water partition coefficient (Wildman–Crippen LogP) is 3.30. The number of carbonyl (C=O) groups is 1. The van der Waals surface area contributed by atoms with Gasteiger partial charge >= 0.3 is 5.97 Å². The number of nitrogens with one attached hydrogen (secondary N) is 1. The topological polar surface area (TPSA) is 77.6 Å². The largest absolute Gasteiger partial charge is 0.491 e. The summed E-state index contributed by atoms with van der Waals surface area (Å²) in [5, 5.41) is 0.108. The lowest BCUT2D eigenvalue weighted by Gasteiger charge is -2.37. The van der Waals surface area contributed by atoms with Gasteiger partial charge in [0.2, 0.25) is 5.43 Å². The lowest BCUT2D eigenvalue weighted by atomic mass is 10.1. The van der Waals surface area contributed by atoms with Crippen LogP contribution in [0.25, 0.3) is 0 Å². The summed E-state index contributed by atoms with van der Waals surface area (Å²) < 4.78 is 15.9. The van der Waals surface area contributed by atoms with E-state index >= 15 is 0 Å². The molecule has 0 spiro atoms. The number of hydrogen-bond donors (Lipinski definition) is 1. The number of aromatic nitrogens is 1. The van der Waals surface area contributed by atoms with Crippen molar-refractivity contribution in [3.8, 4) is 5.75 Å². The SMILES string of the molecule is COC(=O)c1[nH]c(C(C)CO[Si](C)(C)C(C)(C)C)cc(=O)c1OC. The average molecular weight is 356 g/mol. The average Bonchev–Trinajstić information content (AvgIpc) is 2.49. The van der Waals surface area contributed by atoms with Gasteiger partial charge in [0.15, 0.2) is 19.8 Å². The van der Waals surface area contributed by atoms with Gasteiger partial charge in [0.1, 0.15) is 0 Å². The molecule has 0 aromatic carbocycles. The molecule has 0 saturated heterocycles.